The third kappa shape index (κ3) is 3.59. The van der Waals surface area contributed by atoms with Crippen LogP contribution in [0.3, 0.4) is 0 Å². The molecule has 0 bridgehead atoms. The predicted octanol–water partition coefficient (Wildman–Crippen LogP) is 5.59. The first kappa shape index (κ1) is 18.9. The molecule has 0 N–H and O–H groups in total. The molecule has 0 amide bonds. The third-order valence-electron chi connectivity index (χ3n) is 5.67. The Hall–Kier alpha value is -3.11. The standard InChI is InChI=1S/C25H23ClN4/c1-18-10-12-19(13-11-18)24-20-6-2-4-8-22(20)27-25(28-24)30-16-14-29(15-17-30)23-9-5-3-7-21(23)26/h2-13H,14-17H2,1H3. The van der Waals surface area contributed by atoms with Crippen molar-refractivity contribution >= 4 is 34.1 Å². The van der Waals surface area contributed by atoms with Gasteiger partial charge in [0.15, 0.2) is 0 Å². The zero-order chi connectivity index (χ0) is 20.5. The Morgan fingerprint density at radius 3 is 2.17 bits per heavy atom. The maximum absolute atomic E-state index is 6.40. The molecule has 1 fully saturated rings. The lowest BCUT2D eigenvalue weighted by molar-refractivity contribution is 0.641. The monoisotopic (exact) mass is 414 g/mol. The second kappa shape index (κ2) is 7.96. The summed E-state index contributed by atoms with van der Waals surface area (Å²) in [5.74, 6) is 0.795. The van der Waals surface area contributed by atoms with E-state index in [0.717, 1.165) is 65.0 Å². The van der Waals surface area contributed by atoms with Gasteiger partial charge in [0.1, 0.15) is 0 Å². The van der Waals surface area contributed by atoms with Crippen LogP contribution in [0.2, 0.25) is 5.02 Å². The van der Waals surface area contributed by atoms with E-state index in [-0.39, 0.29) is 0 Å². The average Bonchev–Trinajstić information content (AvgIpc) is 2.79. The Bertz CT molecular complexity index is 1180. The van der Waals surface area contributed by atoms with Gasteiger partial charge in [0.05, 0.1) is 21.9 Å². The van der Waals surface area contributed by atoms with E-state index in [1.807, 2.05) is 30.3 Å². The van der Waals surface area contributed by atoms with E-state index in [1.54, 1.807) is 0 Å². The lowest BCUT2D eigenvalue weighted by Gasteiger charge is -2.36. The molecule has 1 aliphatic heterocycles. The second-order valence-electron chi connectivity index (χ2n) is 7.68. The van der Waals surface area contributed by atoms with Crippen LogP contribution >= 0.6 is 11.6 Å². The number of aromatic nitrogens is 2. The summed E-state index contributed by atoms with van der Waals surface area (Å²) in [7, 11) is 0. The van der Waals surface area contributed by atoms with E-state index in [0.29, 0.717) is 0 Å². The SMILES string of the molecule is Cc1ccc(-c2nc(N3CCN(c4ccccc4Cl)CC3)nc3ccccc23)cc1. The van der Waals surface area contributed by atoms with Gasteiger partial charge in [-0.05, 0) is 25.1 Å². The minimum absolute atomic E-state index is 0.795. The van der Waals surface area contributed by atoms with Crippen molar-refractivity contribution in [2.75, 3.05) is 36.0 Å². The van der Waals surface area contributed by atoms with E-state index in [4.69, 9.17) is 21.6 Å². The van der Waals surface area contributed by atoms with Crippen molar-refractivity contribution in [3.63, 3.8) is 0 Å². The molecule has 0 aliphatic carbocycles. The Labute approximate surface area is 181 Å². The van der Waals surface area contributed by atoms with E-state index < -0.39 is 0 Å². The molecule has 4 nitrogen and oxygen atoms in total. The number of aryl methyl sites for hydroxylation is 1. The number of nitrogens with zero attached hydrogens (tertiary/aromatic N) is 4. The Balaban J connectivity index is 1.47. The fraction of sp³-hybridized carbons (Fsp3) is 0.200. The van der Waals surface area contributed by atoms with Crippen LogP contribution in [0.15, 0.2) is 72.8 Å². The van der Waals surface area contributed by atoms with Gasteiger partial charge in [-0.3, -0.25) is 0 Å². The summed E-state index contributed by atoms with van der Waals surface area (Å²) in [5, 5.41) is 1.88. The van der Waals surface area contributed by atoms with Crippen molar-refractivity contribution < 1.29 is 0 Å². The first-order chi connectivity index (χ1) is 14.7. The van der Waals surface area contributed by atoms with Gasteiger partial charge in [-0.2, -0.15) is 0 Å². The number of rotatable bonds is 3. The molecule has 0 spiro atoms. The molecule has 3 aromatic carbocycles. The summed E-state index contributed by atoms with van der Waals surface area (Å²) >= 11 is 6.40. The topological polar surface area (TPSA) is 32.3 Å². The maximum Gasteiger partial charge on any atom is 0.226 e. The molecule has 2 heterocycles. The summed E-state index contributed by atoms with van der Waals surface area (Å²) in [6.45, 7) is 5.60. The van der Waals surface area contributed by atoms with Crippen LogP contribution in [0.1, 0.15) is 5.56 Å². The molecule has 0 saturated carbocycles. The van der Waals surface area contributed by atoms with Gasteiger partial charge in [0, 0.05) is 37.1 Å². The van der Waals surface area contributed by atoms with Crippen molar-refractivity contribution in [1.82, 2.24) is 9.97 Å². The molecule has 1 aliphatic rings. The Morgan fingerprint density at radius 2 is 1.40 bits per heavy atom. The van der Waals surface area contributed by atoms with E-state index in [1.165, 1.54) is 5.56 Å². The highest BCUT2D eigenvalue weighted by Crippen LogP contribution is 2.30. The summed E-state index contributed by atoms with van der Waals surface area (Å²) in [4.78, 5) is 14.5. The molecule has 30 heavy (non-hydrogen) atoms. The van der Waals surface area contributed by atoms with Crippen molar-refractivity contribution in [3.05, 3.63) is 83.4 Å². The molecule has 150 valence electrons. The summed E-state index contributed by atoms with van der Waals surface area (Å²) in [6.07, 6.45) is 0. The van der Waals surface area contributed by atoms with E-state index >= 15 is 0 Å². The van der Waals surface area contributed by atoms with Crippen LogP contribution in [-0.2, 0) is 0 Å². The van der Waals surface area contributed by atoms with Gasteiger partial charge in [-0.25, -0.2) is 9.97 Å². The smallest absolute Gasteiger partial charge is 0.226 e. The summed E-state index contributed by atoms with van der Waals surface area (Å²) in [6, 6.07) is 24.8. The number of hydrogen-bond donors (Lipinski definition) is 0. The quantitative estimate of drug-likeness (QED) is 0.437. The molecule has 5 rings (SSSR count). The minimum atomic E-state index is 0.795. The molecule has 0 atom stereocenters. The van der Waals surface area contributed by atoms with Gasteiger partial charge in [-0.1, -0.05) is 71.8 Å². The summed E-state index contributed by atoms with van der Waals surface area (Å²) < 4.78 is 0. The van der Waals surface area contributed by atoms with Gasteiger partial charge in [0.25, 0.3) is 0 Å². The highest BCUT2D eigenvalue weighted by molar-refractivity contribution is 6.33. The van der Waals surface area contributed by atoms with E-state index in [2.05, 4.69) is 59.2 Å². The number of halogens is 1. The van der Waals surface area contributed by atoms with Crippen molar-refractivity contribution in [2.24, 2.45) is 0 Å². The van der Waals surface area contributed by atoms with Crippen LogP contribution in [0.5, 0.6) is 0 Å². The first-order valence-corrected chi connectivity index (χ1v) is 10.6. The second-order valence-corrected chi connectivity index (χ2v) is 8.09. The van der Waals surface area contributed by atoms with Crippen molar-refractivity contribution in [3.8, 4) is 11.3 Å². The lowest BCUT2D eigenvalue weighted by Crippen LogP contribution is -2.47. The number of hydrogen-bond acceptors (Lipinski definition) is 4. The predicted molar refractivity (Wildman–Crippen MR) is 126 cm³/mol. The Kier molecular flexibility index (Phi) is 5.01. The minimum Gasteiger partial charge on any atom is -0.367 e. The molecule has 0 radical (unpaired) electrons. The van der Waals surface area contributed by atoms with Crippen LogP contribution < -0.4 is 9.80 Å². The zero-order valence-corrected chi connectivity index (χ0v) is 17.7. The number of fused-ring (bicyclic) bond motifs is 1. The van der Waals surface area contributed by atoms with Crippen molar-refractivity contribution in [1.29, 1.82) is 0 Å². The number of piperazine rings is 1. The average molecular weight is 415 g/mol. The number of anilines is 2. The summed E-state index contributed by atoms with van der Waals surface area (Å²) in [5.41, 5.74) is 5.43. The lowest BCUT2D eigenvalue weighted by atomic mass is 10.1. The molecule has 4 aromatic rings. The highest BCUT2D eigenvalue weighted by Gasteiger charge is 2.22. The number of benzene rings is 3. The molecular formula is C25H23ClN4. The zero-order valence-electron chi connectivity index (χ0n) is 16.9. The van der Waals surface area contributed by atoms with Gasteiger partial charge < -0.3 is 9.80 Å². The van der Waals surface area contributed by atoms with Crippen molar-refractivity contribution in [2.45, 2.75) is 6.92 Å². The number of para-hydroxylation sites is 2. The first-order valence-electron chi connectivity index (χ1n) is 10.3. The fourth-order valence-electron chi connectivity index (χ4n) is 3.99. The molecule has 1 aromatic heterocycles. The largest absolute Gasteiger partial charge is 0.367 e. The molecule has 5 heteroatoms. The molecule has 1 saturated heterocycles. The fourth-order valence-corrected chi connectivity index (χ4v) is 4.25. The van der Waals surface area contributed by atoms with Gasteiger partial charge in [-0.15, -0.1) is 0 Å². The maximum atomic E-state index is 6.40. The molecule has 0 unspecified atom stereocenters. The third-order valence-corrected chi connectivity index (χ3v) is 5.99. The highest BCUT2D eigenvalue weighted by atomic mass is 35.5. The van der Waals surface area contributed by atoms with Crippen LogP contribution in [-0.4, -0.2) is 36.1 Å². The van der Waals surface area contributed by atoms with Crippen LogP contribution in [0.4, 0.5) is 11.6 Å². The molecular weight excluding hydrogens is 392 g/mol. The van der Waals surface area contributed by atoms with Gasteiger partial charge >= 0.3 is 0 Å². The van der Waals surface area contributed by atoms with Crippen LogP contribution in [0, 0.1) is 6.92 Å². The van der Waals surface area contributed by atoms with Crippen LogP contribution in [0.25, 0.3) is 22.2 Å². The Morgan fingerprint density at radius 1 is 0.733 bits per heavy atom. The normalized spacial score (nSPS) is 14.3. The van der Waals surface area contributed by atoms with E-state index in [9.17, 15) is 0 Å². The van der Waals surface area contributed by atoms with Gasteiger partial charge in [0.2, 0.25) is 5.95 Å².